The second kappa shape index (κ2) is 6.22. The van der Waals surface area contributed by atoms with E-state index in [2.05, 4.69) is 0 Å². The van der Waals surface area contributed by atoms with Crippen molar-refractivity contribution in [2.24, 2.45) is 0 Å². The summed E-state index contributed by atoms with van der Waals surface area (Å²) >= 11 is 0. The van der Waals surface area contributed by atoms with Crippen molar-refractivity contribution in [3.63, 3.8) is 0 Å². The smallest absolute Gasteiger partial charge is 0.416 e. The van der Waals surface area contributed by atoms with E-state index in [1.54, 1.807) is 21.0 Å². The van der Waals surface area contributed by atoms with Crippen LogP contribution in [0.15, 0.2) is 22.6 Å². The van der Waals surface area contributed by atoms with Gasteiger partial charge < -0.3 is 19.0 Å². The molecule has 1 unspecified atom stereocenters. The highest BCUT2D eigenvalue weighted by molar-refractivity contribution is 6.03. The van der Waals surface area contributed by atoms with Crippen LogP contribution in [0.25, 0.3) is 11.0 Å². The topological polar surface area (TPSA) is 63.0 Å². The Morgan fingerprint density at radius 3 is 2.65 bits per heavy atom. The Morgan fingerprint density at radius 2 is 2.04 bits per heavy atom. The predicted molar refractivity (Wildman–Crippen MR) is 85.9 cm³/mol. The molecule has 1 aliphatic rings. The molecule has 0 bridgehead atoms. The van der Waals surface area contributed by atoms with Crippen LogP contribution in [0.1, 0.15) is 23.0 Å². The summed E-state index contributed by atoms with van der Waals surface area (Å²) in [5, 5.41) is 0.0798. The Balaban J connectivity index is 2.05. The molecule has 26 heavy (non-hydrogen) atoms. The number of carbonyl (C=O) groups excluding carboxylic acids is 2. The maximum Gasteiger partial charge on any atom is 0.416 e. The zero-order chi connectivity index (χ0) is 19.2. The van der Waals surface area contributed by atoms with E-state index < -0.39 is 23.7 Å². The molecule has 3 rings (SSSR count). The van der Waals surface area contributed by atoms with Gasteiger partial charge in [0.05, 0.1) is 17.0 Å². The lowest BCUT2D eigenvalue weighted by Gasteiger charge is -2.26. The largest absolute Gasteiger partial charge is 0.487 e. The average molecular weight is 370 g/mol. The summed E-state index contributed by atoms with van der Waals surface area (Å²) in [7, 11) is 3.13. The van der Waals surface area contributed by atoms with Gasteiger partial charge in [0, 0.05) is 14.1 Å². The molecule has 1 aliphatic heterocycles. The lowest BCUT2D eigenvalue weighted by molar-refractivity contribution is -0.137. The number of rotatable bonds is 2. The molecule has 1 atom stereocenters. The highest BCUT2D eigenvalue weighted by Gasteiger charge is 2.36. The van der Waals surface area contributed by atoms with Gasteiger partial charge in [0.2, 0.25) is 11.7 Å². The highest BCUT2D eigenvalue weighted by Crippen LogP contribution is 2.39. The Kier molecular flexibility index (Phi) is 4.33. The highest BCUT2D eigenvalue weighted by atomic mass is 19.4. The molecule has 0 fully saturated rings. The normalized spacial score (nSPS) is 17.7. The molecular formula is C17H17F3N2O4. The van der Waals surface area contributed by atoms with Crippen molar-refractivity contribution in [1.82, 2.24) is 9.80 Å². The Labute approximate surface area is 147 Å². The fraction of sp³-hybridized carbons (Fsp3) is 0.412. The van der Waals surface area contributed by atoms with Crippen molar-refractivity contribution in [3.8, 4) is 5.75 Å². The third-order valence-corrected chi connectivity index (χ3v) is 4.23. The minimum Gasteiger partial charge on any atom is -0.487 e. The first kappa shape index (κ1) is 18.1. The van der Waals surface area contributed by atoms with Crippen molar-refractivity contribution < 1.29 is 31.9 Å². The van der Waals surface area contributed by atoms with Crippen molar-refractivity contribution >= 4 is 22.8 Å². The molecule has 6 nitrogen and oxygen atoms in total. The summed E-state index contributed by atoms with van der Waals surface area (Å²) < 4.78 is 49.9. The summed E-state index contributed by atoms with van der Waals surface area (Å²) in [6.45, 7) is 1.54. The summed E-state index contributed by atoms with van der Waals surface area (Å²) in [6.07, 6.45) is -4.52. The molecule has 140 valence electrons. The van der Waals surface area contributed by atoms with Crippen molar-refractivity contribution in [3.05, 3.63) is 29.5 Å². The first-order chi connectivity index (χ1) is 12.1. The van der Waals surface area contributed by atoms with E-state index in [1.165, 1.54) is 9.80 Å². The van der Waals surface area contributed by atoms with Crippen LogP contribution >= 0.6 is 0 Å². The zero-order valence-electron chi connectivity index (χ0n) is 14.4. The van der Waals surface area contributed by atoms with E-state index in [4.69, 9.17) is 9.15 Å². The minimum atomic E-state index is -4.52. The first-order valence-electron chi connectivity index (χ1n) is 7.87. The van der Waals surface area contributed by atoms with E-state index in [1.807, 2.05) is 0 Å². The van der Waals surface area contributed by atoms with Gasteiger partial charge >= 0.3 is 6.18 Å². The van der Waals surface area contributed by atoms with Crippen LogP contribution in [0, 0.1) is 0 Å². The van der Waals surface area contributed by atoms with Crippen molar-refractivity contribution in [2.45, 2.75) is 19.1 Å². The van der Waals surface area contributed by atoms with Gasteiger partial charge in [0.25, 0.3) is 5.91 Å². The molecule has 9 heteroatoms. The maximum absolute atomic E-state index is 13.0. The van der Waals surface area contributed by atoms with Crippen LogP contribution in [0.5, 0.6) is 5.75 Å². The molecule has 0 radical (unpaired) electrons. The number of furan rings is 1. The van der Waals surface area contributed by atoms with Gasteiger partial charge in [0.15, 0.2) is 5.75 Å². The fourth-order valence-electron chi connectivity index (χ4n) is 2.67. The quantitative estimate of drug-likeness (QED) is 0.816. The van der Waals surface area contributed by atoms with Crippen LogP contribution in [0.3, 0.4) is 0 Å². The zero-order valence-corrected chi connectivity index (χ0v) is 14.4. The van der Waals surface area contributed by atoms with Gasteiger partial charge in [-0.2, -0.15) is 13.2 Å². The van der Waals surface area contributed by atoms with Crippen LogP contribution < -0.4 is 4.74 Å². The molecule has 1 aromatic heterocycles. The van der Waals surface area contributed by atoms with Crippen molar-refractivity contribution in [1.29, 1.82) is 0 Å². The molecule has 0 saturated carbocycles. The first-order valence-corrected chi connectivity index (χ1v) is 7.87. The van der Waals surface area contributed by atoms with Gasteiger partial charge in [0.1, 0.15) is 18.7 Å². The molecule has 0 aliphatic carbocycles. The number of hydrogen-bond donors (Lipinski definition) is 0. The number of halogens is 3. The third-order valence-electron chi connectivity index (χ3n) is 4.23. The minimum absolute atomic E-state index is 0.0252. The summed E-state index contributed by atoms with van der Waals surface area (Å²) in [5.74, 6) is -1.10. The number of ether oxygens (including phenoxy) is 1. The molecular weight excluding hydrogens is 353 g/mol. The summed E-state index contributed by atoms with van der Waals surface area (Å²) in [5.41, 5.74) is -0.744. The Morgan fingerprint density at radius 1 is 1.35 bits per heavy atom. The Hall–Kier alpha value is -2.71. The SMILES string of the molecule is CC1COc2c(oc3ccc(C(F)(F)F)cc23)C(=O)N1CC(=O)N(C)C. The second-order valence-electron chi connectivity index (χ2n) is 6.35. The number of fused-ring (bicyclic) bond motifs is 3. The number of nitrogens with zero attached hydrogens (tertiary/aromatic N) is 2. The van der Waals surface area contributed by atoms with E-state index in [9.17, 15) is 22.8 Å². The standard InChI is InChI=1S/C17H17F3N2O4/c1-9-8-25-14-11-6-10(17(18,19)20)4-5-12(11)26-15(14)16(24)22(9)7-13(23)21(2)3/h4-6,9H,7-8H2,1-3H3. The monoisotopic (exact) mass is 370 g/mol. The molecule has 0 saturated heterocycles. The third kappa shape index (κ3) is 3.09. The number of carbonyl (C=O) groups is 2. The number of amides is 2. The van der Waals surface area contributed by atoms with Crippen molar-refractivity contribution in [2.75, 3.05) is 27.2 Å². The van der Waals surface area contributed by atoms with E-state index >= 15 is 0 Å². The lowest BCUT2D eigenvalue weighted by Crippen LogP contribution is -2.45. The number of alkyl halides is 3. The molecule has 1 aromatic carbocycles. The van der Waals surface area contributed by atoms with E-state index in [0.717, 1.165) is 18.2 Å². The fourth-order valence-corrected chi connectivity index (χ4v) is 2.67. The molecule has 0 spiro atoms. The number of benzene rings is 1. The van der Waals surface area contributed by atoms with Gasteiger partial charge in [-0.25, -0.2) is 0 Å². The maximum atomic E-state index is 13.0. The lowest BCUT2D eigenvalue weighted by atomic mass is 10.1. The van der Waals surface area contributed by atoms with Gasteiger partial charge in [-0.05, 0) is 25.1 Å². The Bertz CT molecular complexity index is 873. The molecule has 0 N–H and O–H groups in total. The summed E-state index contributed by atoms with van der Waals surface area (Å²) in [4.78, 5) is 27.4. The van der Waals surface area contributed by atoms with Gasteiger partial charge in [-0.1, -0.05) is 0 Å². The molecule has 2 amide bonds. The van der Waals surface area contributed by atoms with Crippen LogP contribution in [-0.4, -0.2) is 54.9 Å². The number of likely N-dealkylation sites (N-methyl/N-ethyl adjacent to an activating group) is 1. The van der Waals surface area contributed by atoms with E-state index in [0.29, 0.717) is 0 Å². The van der Waals surface area contributed by atoms with E-state index in [-0.39, 0.29) is 41.5 Å². The van der Waals surface area contributed by atoms with Gasteiger partial charge in [-0.3, -0.25) is 9.59 Å². The number of hydrogen-bond acceptors (Lipinski definition) is 4. The molecule has 2 aromatic rings. The van der Waals surface area contributed by atoms with Crippen LogP contribution in [0.2, 0.25) is 0 Å². The van der Waals surface area contributed by atoms with Crippen LogP contribution in [0.4, 0.5) is 13.2 Å². The van der Waals surface area contributed by atoms with Crippen LogP contribution in [-0.2, 0) is 11.0 Å². The average Bonchev–Trinajstić information content (AvgIpc) is 2.88. The van der Waals surface area contributed by atoms with Gasteiger partial charge in [-0.15, -0.1) is 0 Å². The molecule has 2 heterocycles. The predicted octanol–water partition coefficient (Wildman–Crippen LogP) is 2.76. The second-order valence-corrected chi connectivity index (χ2v) is 6.35. The summed E-state index contributed by atoms with van der Waals surface area (Å²) in [6, 6.07) is 2.49.